The molecule has 0 spiro atoms. The minimum Gasteiger partial charge on any atom is -0.496 e. The zero-order chi connectivity index (χ0) is 13.7. The minimum absolute atomic E-state index is 0.0603. The first-order valence-corrected chi connectivity index (χ1v) is 6.61. The predicted octanol–water partition coefficient (Wildman–Crippen LogP) is 2.73. The second kappa shape index (κ2) is 6.76. The first-order chi connectivity index (χ1) is 8.54. The van der Waals surface area contributed by atoms with Crippen molar-refractivity contribution in [3.8, 4) is 5.75 Å². The Morgan fingerprint density at radius 2 is 1.94 bits per heavy atom. The number of hydrogen-bond acceptors (Lipinski definition) is 3. The predicted molar refractivity (Wildman–Crippen MR) is 75.2 cm³/mol. The fraction of sp³-hybridized carbons (Fsp3) is 0.600. The van der Waals surface area contributed by atoms with Gasteiger partial charge < -0.3 is 15.2 Å². The molecule has 3 nitrogen and oxygen atoms in total. The van der Waals surface area contributed by atoms with Crippen LogP contribution >= 0.6 is 0 Å². The van der Waals surface area contributed by atoms with Crippen molar-refractivity contribution in [3.63, 3.8) is 0 Å². The molecule has 0 bridgehead atoms. The molecule has 0 fully saturated rings. The number of likely N-dealkylation sites (N-methyl/N-ethyl adjacent to an activating group) is 1. The maximum atomic E-state index is 10.5. The number of aliphatic hydroxyl groups is 1. The van der Waals surface area contributed by atoms with Crippen LogP contribution < -0.4 is 10.1 Å². The molecule has 2 unspecified atom stereocenters. The number of methoxy groups -OCH3 is 1. The van der Waals surface area contributed by atoms with Crippen molar-refractivity contribution in [1.82, 2.24) is 5.32 Å². The first kappa shape index (κ1) is 15.0. The summed E-state index contributed by atoms with van der Waals surface area (Å²) in [6, 6.07) is 4.14. The molecule has 0 saturated heterocycles. The van der Waals surface area contributed by atoms with Gasteiger partial charge in [0.2, 0.25) is 0 Å². The minimum atomic E-state index is -0.538. The molecule has 102 valence electrons. The monoisotopic (exact) mass is 251 g/mol. The first-order valence-electron chi connectivity index (χ1n) is 6.61. The number of nitrogens with one attached hydrogen (secondary N) is 1. The number of aryl methyl sites for hydroxylation is 2. The average Bonchev–Trinajstić information content (AvgIpc) is 2.34. The highest BCUT2D eigenvalue weighted by Crippen LogP contribution is 2.32. The molecule has 0 aliphatic carbocycles. The molecule has 2 atom stereocenters. The quantitative estimate of drug-likeness (QED) is 0.817. The Hall–Kier alpha value is -1.06. The summed E-state index contributed by atoms with van der Waals surface area (Å²) in [7, 11) is 1.65. The lowest BCUT2D eigenvalue weighted by Crippen LogP contribution is -2.34. The van der Waals surface area contributed by atoms with Gasteiger partial charge in [-0.1, -0.05) is 25.5 Å². The summed E-state index contributed by atoms with van der Waals surface area (Å²) in [5.41, 5.74) is 3.09. The van der Waals surface area contributed by atoms with Crippen LogP contribution in [-0.2, 0) is 0 Å². The van der Waals surface area contributed by atoms with Gasteiger partial charge in [-0.2, -0.15) is 0 Å². The Morgan fingerprint density at radius 3 is 2.44 bits per heavy atom. The van der Waals surface area contributed by atoms with Crippen LogP contribution in [0.3, 0.4) is 0 Å². The van der Waals surface area contributed by atoms with E-state index in [1.807, 2.05) is 26.8 Å². The van der Waals surface area contributed by atoms with Gasteiger partial charge in [0.05, 0.1) is 13.2 Å². The van der Waals surface area contributed by atoms with Crippen molar-refractivity contribution in [2.75, 3.05) is 13.7 Å². The van der Waals surface area contributed by atoms with Crippen LogP contribution in [-0.4, -0.2) is 24.8 Å². The summed E-state index contributed by atoms with van der Waals surface area (Å²) in [5.74, 6) is 0.796. The molecule has 0 saturated carbocycles. The van der Waals surface area contributed by atoms with Crippen molar-refractivity contribution in [3.05, 3.63) is 28.8 Å². The van der Waals surface area contributed by atoms with Crippen LogP contribution in [0.5, 0.6) is 5.75 Å². The SMILES string of the molecule is CCNC(CC)C(O)c1cc(C)cc(C)c1OC. The summed E-state index contributed by atoms with van der Waals surface area (Å²) >= 11 is 0. The molecule has 0 aliphatic heterocycles. The maximum absolute atomic E-state index is 10.5. The van der Waals surface area contributed by atoms with E-state index < -0.39 is 6.10 Å². The van der Waals surface area contributed by atoms with Gasteiger partial charge in [-0.05, 0) is 38.4 Å². The summed E-state index contributed by atoms with van der Waals surface area (Å²) < 4.78 is 5.44. The van der Waals surface area contributed by atoms with E-state index in [9.17, 15) is 5.11 Å². The topological polar surface area (TPSA) is 41.5 Å². The smallest absolute Gasteiger partial charge is 0.127 e. The van der Waals surface area contributed by atoms with E-state index in [4.69, 9.17) is 4.74 Å². The average molecular weight is 251 g/mol. The lowest BCUT2D eigenvalue weighted by Gasteiger charge is -2.25. The van der Waals surface area contributed by atoms with Gasteiger partial charge in [0, 0.05) is 11.6 Å². The highest BCUT2D eigenvalue weighted by molar-refractivity contribution is 5.45. The van der Waals surface area contributed by atoms with E-state index in [2.05, 4.69) is 18.3 Å². The summed E-state index contributed by atoms with van der Waals surface area (Å²) in [4.78, 5) is 0. The number of aliphatic hydroxyl groups excluding tert-OH is 1. The van der Waals surface area contributed by atoms with Gasteiger partial charge in [-0.3, -0.25) is 0 Å². The molecule has 0 heterocycles. The molecule has 1 aromatic rings. The van der Waals surface area contributed by atoms with Crippen molar-refractivity contribution in [1.29, 1.82) is 0 Å². The van der Waals surface area contributed by atoms with Gasteiger partial charge in [-0.25, -0.2) is 0 Å². The van der Waals surface area contributed by atoms with Crippen LogP contribution in [0.2, 0.25) is 0 Å². The van der Waals surface area contributed by atoms with E-state index in [-0.39, 0.29) is 6.04 Å². The van der Waals surface area contributed by atoms with E-state index in [0.29, 0.717) is 0 Å². The third kappa shape index (κ3) is 3.24. The van der Waals surface area contributed by atoms with Crippen LogP contribution in [0.25, 0.3) is 0 Å². The summed E-state index contributed by atoms with van der Waals surface area (Å²) in [6.45, 7) is 9.02. The fourth-order valence-corrected chi connectivity index (χ4v) is 2.44. The second-order valence-electron chi connectivity index (χ2n) is 4.72. The Bertz CT molecular complexity index is 390. The van der Waals surface area contributed by atoms with E-state index in [0.717, 1.165) is 35.4 Å². The molecule has 0 amide bonds. The van der Waals surface area contributed by atoms with Crippen LogP contribution in [0.15, 0.2) is 12.1 Å². The molecule has 3 heteroatoms. The van der Waals surface area contributed by atoms with Crippen LogP contribution in [0.4, 0.5) is 0 Å². The molecule has 18 heavy (non-hydrogen) atoms. The molecule has 1 rings (SSSR count). The van der Waals surface area contributed by atoms with E-state index in [1.165, 1.54) is 0 Å². The Morgan fingerprint density at radius 1 is 1.28 bits per heavy atom. The Balaban J connectivity index is 3.13. The third-order valence-corrected chi connectivity index (χ3v) is 3.26. The van der Waals surface area contributed by atoms with Gasteiger partial charge in [0.1, 0.15) is 5.75 Å². The molecule has 0 aromatic heterocycles. The molecular formula is C15H25NO2. The van der Waals surface area contributed by atoms with Gasteiger partial charge in [0.15, 0.2) is 0 Å². The molecular weight excluding hydrogens is 226 g/mol. The van der Waals surface area contributed by atoms with Crippen molar-refractivity contribution < 1.29 is 9.84 Å². The zero-order valence-electron chi connectivity index (χ0n) is 12.1. The van der Waals surface area contributed by atoms with Crippen molar-refractivity contribution in [2.24, 2.45) is 0 Å². The lowest BCUT2D eigenvalue weighted by molar-refractivity contribution is 0.124. The van der Waals surface area contributed by atoms with Gasteiger partial charge in [-0.15, -0.1) is 0 Å². The highest BCUT2D eigenvalue weighted by atomic mass is 16.5. The molecule has 0 aliphatic rings. The third-order valence-electron chi connectivity index (χ3n) is 3.26. The number of ether oxygens (including phenoxy) is 1. The summed E-state index contributed by atoms with van der Waals surface area (Å²) in [5, 5.41) is 13.8. The van der Waals surface area contributed by atoms with E-state index in [1.54, 1.807) is 7.11 Å². The standard InChI is InChI=1S/C15H25NO2/c1-6-13(16-7-2)14(17)12-9-10(3)8-11(4)15(12)18-5/h8-9,13-14,16-17H,6-7H2,1-5H3. The van der Waals surface area contributed by atoms with Gasteiger partial charge in [0.25, 0.3) is 0 Å². The zero-order valence-corrected chi connectivity index (χ0v) is 12.1. The molecule has 1 aromatic carbocycles. The Labute approximate surface area is 110 Å². The fourth-order valence-electron chi connectivity index (χ4n) is 2.44. The highest BCUT2D eigenvalue weighted by Gasteiger charge is 2.22. The van der Waals surface area contributed by atoms with Crippen LogP contribution in [0.1, 0.15) is 43.1 Å². The Kier molecular flexibility index (Phi) is 5.63. The van der Waals surface area contributed by atoms with Crippen LogP contribution in [0, 0.1) is 13.8 Å². The number of rotatable bonds is 6. The summed E-state index contributed by atoms with van der Waals surface area (Å²) in [6.07, 6.45) is 0.342. The lowest BCUT2D eigenvalue weighted by atomic mass is 9.95. The molecule has 2 N–H and O–H groups in total. The van der Waals surface area contributed by atoms with Gasteiger partial charge >= 0.3 is 0 Å². The van der Waals surface area contributed by atoms with Crippen molar-refractivity contribution in [2.45, 2.75) is 46.3 Å². The largest absolute Gasteiger partial charge is 0.496 e. The maximum Gasteiger partial charge on any atom is 0.127 e. The number of benzene rings is 1. The van der Waals surface area contributed by atoms with E-state index >= 15 is 0 Å². The number of hydrogen-bond donors (Lipinski definition) is 2. The second-order valence-corrected chi connectivity index (χ2v) is 4.72. The normalized spacial score (nSPS) is 14.3. The molecule has 0 radical (unpaired) electrons. The van der Waals surface area contributed by atoms with Crippen molar-refractivity contribution >= 4 is 0 Å².